The maximum Gasteiger partial charge on any atom is 0.407 e. The third-order valence-corrected chi connectivity index (χ3v) is 1.33. The van der Waals surface area contributed by atoms with Gasteiger partial charge in [-0.05, 0) is 5.92 Å². The van der Waals surface area contributed by atoms with Gasteiger partial charge in [0.15, 0.2) is 0 Å². The number of alkyl carbamates (subject to hydrolysis) is 1. The number of nitrogens with two attached hydrogens (primary N) is 1. The van der Waals surface area contributed by atoms with Crippen LogP contribution in [0.2, 0.25) is 0 Å². The highest BCUT2D eigenvalue weighted by molar-refractivity contribution is 5.66. The van der Waals surface area contributed by atoms with Crippen LogP contribution in [0.4, 0.5) is 4.79 Å². The minimum Gasteiger partial charge on any atom is -0.449 e. The quantitative estimate of drug-likeness (QED) is 0.587. The molecule has 0 bridgehead atoms. The summed E-state index contributed by atoms with van der Waals surface area (Å²) in [6.45, 7) is 6.34. The monoisotopic (exact) mass is 204 g/mol. The van der Waals surface area contributed by atoms with E-state index in [0.29, 0.717) is 38.8 Å². The van der Waals surface area contributed by atoms with E-state index in [1.807, 2.05) is 13.8 Å². The molecule has 0 atom stereocenters. The molecule has 3 N–H and O–H groups in total. The zero-order valence-corrected chi connectivity index (χ0v) is 8.91. The second-order valence-electron chi connectivity index (χ2n) is 3.32. The Morgan fingerprint density at radius 2 is 2.14 bits per heavy atom. The van der Waals surface area contributed by atoms with Gasteiger partial charge in [0.05, 0.1) is 19.8 Å². The summed E-state index contributed by atoms with van der Waals surface area (Å²) in [5.74, 6) is 0.356. The van der Waals surface area contributed by atoms with Crippen molar-refractivity contribution in [2.45, 2.75) is 13.8 Å². The van der Waals surface area contributed by atoms with Crippen LogP contribution < -0.4 is 11.1 Å². The van der Waals surface area contributed by atoms with Crippen molar-refractivity contribution in [1.29, 1.82) is 0 Å². The topological polar surface area (TPSA) is 73.6 Å². The fourth-order valence-electron chi connectivity index (χ4n) is 0.704. The van der Waals surface area contributed by atoms with Crippen molar-refractivity contribution in [2.75, 3.05) is 32.9 Å². The van der Waals surface area contributed by atoms with Crippen LogP contribution >= 0.6 is 0 Å². The molecule has 0 aromatic carbocycles. The van der Waals surface area contributed by atoms with Crippen molar-refractivity contribution in [1.82, 2.24) is 5.32 Å². The highest BCUT2D eigenvalue weighted by atomic mass is 16.5. The van der Waals surface area contributed by atoms with Gasteiger partial charge in [-0.25, -0.2) is 4.79 Å². The Kier molecular flexibility index (Phi) is 8.27. The van der Waals surface area contributed by atoms with Crippen LogP contribution in [-0.4, -0.2) is 39.0 Å². The zero-order valence-electron chi connectivity index (χ0n) is 8.91. The average molecular weight is 204 g/mol. The minimum absolute atomic E-state index is 0.356. The van der Waals surface area contributed by atoms with Crippen molar-refractivity contribution in [2.24, 2.45) is 11.7 Å². The number of ether oxygens (including phenoxy) is 2. The van der Waals surface area contributed by atoms with Gasteiger partial charge < -0.3 is 20.5 Å². The van der Waals surface area contributed by atoms with Crippen LogP contribution in [0.1, 0.15) is 13.8 Å². The fraction of sp³-hybridized carbons (Fsp3) is 0.889. The van der Waals surface area contributed by atoms with Crippen LogP contribution in [0.15, 0.2) is 0 Å². The number of rotatable bonds is 7. The Balaban J connectivity index is 3.18. The lowest BCUT2D eigenvalue weighted by Crippen LogP contribution is -2.29. The summed E-state index contributed by atoms with van der Waals surface area (Å²) in [4.78, 5) is 11.0. The van der Waals surface area contributed by atoms with E-state index < -0.39 is 6.09 Å². The second-order valence-corrected chi connectivity index (χ2v) is 3.32. The molecule has 0 aromatic heterocycles. The lowest BCUT2D eigenvalue weighted by molar-refractivity contribution is 0.118. The molecule has 0 heterocycles. The average Bonchev–Trinajstić information content (AvgIpc) is 2.14. The van der Waals surface area contributed by atoms with Gasteiger partial charge in [0.25, 0.3) is 0 Å². The highest BCUT2D eigenvalue weighted by Gasteiger charge is 2.01. The van der Waals surface area contributed by atoms with Crippen molar-refractivity contribution in [3.8, 4) is 0 Å². The van der Waals surface area contributed by atoms with Crippen molar-refractivity contribution >= 4 is 6.09 Å². The first-order chi connectivity index (χ1) is 6.66. The van der Waals surface area contributed by atoms with Gasteiger partial charge in [0.2, 0.25) is 0 Å². The Bertz CT molecular complexity index is 151. The molecule has 0 aliphatic carbocycles. The highest BCUT2D eigenvalue weighted by Crippen LogP contribution is 1.91. The number of carbonyl (C=O) groups is 1. The molecule has 0 spiro atoms. The third kappa shape index (κ3) is 9.28. The maximum atomic E-state index is 11.0. The SMILES string of the molecule is CC(C)COC(=O)NCCOCCN. The van der Waals surface area contributed by atoms with Crippen LogP contribution in [0.3, 0.4) is 0 Å². The van der Waals surface area contributed by atoms with Crippen LogP contribution in [0.5, 0.6) is 0 Å². The van der Waals surface area contributed by atoms with Gasteiger partial charge >= 0.3 is 6.09 Å². The Hall–Kier alpha value is -0.810. The number of nitrogens with one attached hydrogen (secondary N) is 1. The first kappa shape index (κ1) is 13.2. The number of hydrogen-bond donors (Lipinski definition) is 2. The molecule has 0 fully saturated rings. The van der Waals surface area contributed by atoms with Gasteiger partial charge in [-0.3, -0.25) is 0 Å². The van der Waals surface area contributed by atoms with Crippen LogP contribution in [-0.2, 0) is 9.47 Å². The van der Waals surface area contributed by atoms with E-state index in [1.54, 1.807) is 0 Å². The Labute approximate surface area is 84.9 Å². The maximum absolute atomic E-state index is 11.0. The molecule has 5 nitrogen and oxygen atoms in total. The van der Waals surface area contributed by atoms with E-state index in [2.05, 4.69) is 5.32 Å². The van der Waals surface area contributed by atoms with E-state index in [0.717, 1.165) is 0 Å². The summed E-state index contributed by atoms with van der Waals surface area (Å²) >= 11 is 0. The largest absolute Gasteiger partial charge is 0.449 e. The summed E-state index contributed by atoms with van der Waals surface area (Å²) in [6.07, 6.45) is -0.393. The number of carbonyl (C=O) groups excluding carboxylic acids is 1. The van der Waals surface area contributed by atoms with E-state index in [9.17, 15) is 4.79 Å². The van der Waals surface area contributed by atoms with Crippen molar-refractivity contribution < 1.29 is 14.3 Å². The first-order valence-electron chi connectivity index (χ1n) is 4.85. The summed E-state index contributed by atoms with van der Waals surface area (Å²) in [5, 5.41) is 2.57. The normalized spacial score (nSPS) is 10.3. The minimum atomic E-state index is -0.393. The standard InChI is InChI=1S/C9H20N2O3/c1-8(2)7-14-9(12)11-4-6-13-5-3-10/h8H,3-7,10H2,1-2H3,(H,11,12). The molecule has 0 unspecified atom stereocenters. The lowest BCUT2D eigenvalue weighted by atomic mass is 10.2. The molecular weight excluding hydrogens is 184 g/mol. The van der Waals surface area contributed by atoms with E-state index in [-0.39, 0.29) is 0 Å². The predicted molar refractivity (Wildman–Crippen MR) is 54.1 cm³/mol. The molecule has 0 aliphatic heterocycles. The van der Waals surface area contributed by atoms with Crippen LogP contribution in [0.25, 0.3) is 0 Å². The molecule has 0 radical (unpaired) electrons. The summed E-state index contributed by atoms with van der Waals surface area (Å²) in [6, 6.07) is 0. The van der Waals surface area contributed by atoms with E-state index in [4.69, 9.17) is 15.2 Å². The Morgan fingerprint density at radius 1 is 1.43 bits per heavy atom. The fourth-order valence-corrected chi connectivity index (χ4v) is 0.704. The van der Waals surface area contributed by atoms with E-state index >= 15 is 0 Å². The molecule has 14 heavy (non-hydrogen) atoms. The molecule has 1 amide bonds. The molecule has 0 rings (SSSR count). The summed E-state index contributed by atoms with van der Waals surface area (Å²) in [5.41, 5.74) is 5.21. The Morgan fingerprint density at radius 3 is 2.71 bits per heavy atom. The summed E-state index contributed by atoms with van der Waals surface area (Å²) in [7, 11) is 0. The van der Waals surface area contributed by atoms with Gasteiger partial charge in [0.1, 0.15) is 0 Å². The first-order valence-corrected chi connectivity index (χ1v) is 4.85. The molecule has 0 saturated heterocycles. The lowest BCUT2D eigenvalue weighted by Gasteiger charge is -2.08. The smallest absolute Gasteiger partial charge is 0.407 e. The zero-order chi connectivity index (χ0) is 10.8. The number of amides is 1. The van der Waals surface area contributed by atoms with E-state index in [1.165, 1.54) is 0 Å². The van der Waals surface area contributed by atoms with Gasteiger partial charge in [-0.1, -0.05) is 13.8 Å². The van der Waals surface area contributed by atoms with Gasteiger partial charge in [0, 0.05) is 13.1 Å². The molecular formula is C9H20N2O3. The molecule has 0 aromatic rings. The molecule has 5 heteroatoms. The molecule has 0 aliphatic rings. The molecule has 84 valence electrons. The predicted octanol–water partition coefficient (Wildman–Crippen LogP) is 0.344. The second kappa shape index (κ2) is 8.77. The van der Waals surface area contributed by atoms with Crippen molar-refractivity contribution in [3.63, 3.8) is 0 Å². The van der Waals surface area contributed by atoms with Gasteiger partial charge in [-0.2, -0.15) is 0 Å². The third-order valence-electron chi connectivity index (χ3n) is 1.33. The molecule has 0 saturated carbocycles. The van der Waals surface area contributed by atoms with Crippen molar-refractivity contribution in [3.05, 3.63) is 0 Å². The van der Waals surface area contributed by atoms with Crippen LogP contribution in [0, 0.1) is 5.92 Å². The summed E-state index contributed by atoms with van der Waals surface area (Å²) < 4.78 is 9.94. The number of hydrogen-bond acceptors (Lipinski definition) is 4. The van der Waals surface area contributed by atoms with Gasteiger partial charge in [-0.15, -0.1) is 0 Å².